The lowest BCUT2D eigenvalue weighted by Crippen LogP contribution is -2.43. The first kappa shape index (κ1) is 22.8. The average molecular weight is 445 g/mol. The zero-order valence-corrected chi connectivity index (χ0v) is 18.9. The molecule has 1 aliphatic heterocycles. The molecule has 0 saturated carbocycles. The van der Waals surface area contributed by atoms with Gasteiger partial charge in [-0.15, -0.1) is 0 Å². The molecule has 1 N–H and O–H groups in total. The van der Waals surface area contributed by atoms with E-state index in [1.807, 2.05) is 38.1 Å². The Bertz CT molecular complexity index is 1080. The first-order valence-corrected chi connectivity index (χ1v) is 12.1. The number of aryl methyl sites for hydroxylation is 1. The fraction of sp³-hybridized carbons (Fsp3) is 0.391. The van der Waals surface area contributed by atoms with Gasteiger partial charge in [-0.3, -0.25) is 4.79 Å². The highest BCUT2D eigenvalue weighted by Gasteiger charge is 2.34. The van der Waals surface area contributed by atoms with Crippen molar-refractivity contribution in [2.75, 3.05) is 30.0 Å². The van der Waals surface area contributed by atoms with Gasteiger partial charge in [-0.25, -0.2) is 13.2 Å². The molecule has 0 spiro atoms. The van der Waals surface area contributed by atoms with E-state index in [0.29, 0.717) is 24.2 Å². The Balaban J connectivity index is 1.68. The van der Waals surface area contributed by atoms with E-state index in [2.05, 4.69) is 5.32 Å². The van der Waals surface area contributed by atoms with Crippen LogP contribution in [0.1, 0.15) is 34.8 Å². The number of nitrogens with zero attached hydrogens (tertiary/aromatic N) is 1. The lowest BCUT2D eigenvalue weighted by Gasteiger charge is -2.26. The number of nitrogens with one attached hydrogen (secondary N) is 1. The minimum absolute atomic E-state index is 0.0386. The van der Waals surface area contributed by atoms with Crippen LogP contribution in [-0.2, 0) is 19.4 Å². The summed E-state index contributed by atoms with van der Waals surface area (Å²) in [6.07, 6.45) is 0.415. The third kappa shape index (κ3) is 5.44. The van der Waals surface area contributed by atoms with Crippen molar-refractivity contribution in [3.8, 4) is 0 Å². The van der Waals surface area contributed by atoms with Crippen molar-refractivity contribution in [3.05, 3.63) is 59.2 Å². The van der Waals surface area contributed by atoms with E-state index in [0.717, 1.165) is 16.8 Å². The minimum atomic E-state index is -3.11. The molecule has 1 atom stereocenters. The van der Waals surface area contributed by atoms with Crippen LogP contribution in [0, 0.1) is 13.8 Å². The number of benzene rings is 2. The average Bonchev–Trinajstić information content (AvgIpc) is 3.10. The van der Waals surface area contributed by atoms with Crippen molar-refractivity contribution in [2.24, 2.45) is 0 Å². The Morgan fingerprint density at radius 1 is 1.10 bits per heavy atom. The maximum Gasteiger partial charge on any atom is 0.340 e. The zero-order chi connectivity index (χ0) is 22.6. The molecule has 166 valence electrons. The molecule has 0 aromatic heterocycles. The molecule has 0 aliphatic carbocycles. The molecule has 1 fully saturated rings. The summed E-state index contributed by atoms with van der Waals surface area (Å²) in [6.45, 7) is 5.73. The summed E-state index contributed by atoms with van der Waals surface area (Å²) in [5, 5.41) is 3.28. The molecule has 8 heteroatoms. The van der Waals surface area contributed by atoms with Crippen molar-refractivity contribution in [2.45, 2.75) is 33.2 Å². The molecule has 1 saturated heterocycles. The molecule has 0 radical (unpaired) electrons. The van der Waals surface area contributed by atoms with Gasteiger partial charge in [-0.2, -0.15) is 0 Å². The largest absolute Gasteiger partial charge is 0.452 e. The number of anilines is 2. The molecule has 31 heavy (non-hydrogen) atoms. The maximum absolute atomic E-state index is 12.7. The Morgan fingerprint density at radius 2 is 1.81 bits per heavy atom. The van der Waals surface area contributed by atoms with Gasteiger partial charge in [0.1, 0.15) is 0 Å². The Morgan fingerprint density at radius 3 is 2.48 bits per heavy atom. The molecule has 2 aromatic carbocycles. The van der Waals surface area contributed by atoms with Gasteiger partial charge in [0, 0.05) is 18.3 Å². The second kappa shape index (κ2) is 9.51. The number of carbonyl (C=O) groups excluding carboxylic acids is 2. The zero-order valence-electron chi connectivity index (χ0n) is 18.1. The van der Waals surface area contributed by atoms with Crippen LogP contribution < -0.4 is 5.32 Å². The lowest BCUT2D eigenvalue weighted by molar-refractivity contribution is -0.136. The van der Waals surface area contributed by atoms with E-state index in [1.165, 1.54) is 4.90 Å². The minimum Gasteiger partial charge on any atom is -0.452 e. The molecule has 1 amide bonds. The smallest absolute Gasteiger partial charge is 0.340 e. The highest BCUT2D eigenvalue weighted by atomic mass is 32.2. The van der Waals surface area contributed by atoms with Gasteiger partial charge in [0.2, 0.25) is 0 Å². The predicted molar refractivity (Wildman–Crippen MR) is 120 cm³/mol. The van der Waals surface area contributed by atoms with E-state index in [4.69, 9.17) is 4.74 Å². The number of esters is 1. The number of hydrogen-bond donors (Lipinski definition) is 1. The molecule has 2 aromatic rings. The molecule has 3 rings (SSSR count). The van der Waals surface area contributed by atoms with E-state index >= 15 is 0 Å². The van der Waals surface area contributed by atoms with Crippen LogP contribution in [0.15, 0.2) is 42.5 Å². The topological polar surface area (TPSA) is 92.8 Å². The number of likely N-dealkylation sites (N-methyl/N-ethyl adjacent to an activating group) is 1. The number of hydrogen-bond acceptors (Lipinski definition) is 6. The molecule has 1 heterocycles. The molecular formula is C23H28N2O5S. The first-order chi connectivity index (χ1) is 14.7. The second-order valence-corrected chi connectivity index (χ2v) is 9.96. The third-order valence-electron chi connectivity index (χ3n) is 5.66. The number of rotatable bonds is 7. The van der Waals surface area contributed by atoms with Gasteiger partial charge in [0.25, 0.3) is 5.91 Å². The van der Waals surface area contributed by atoms with E-state index in [9.17, 15) is 18.0 Å². The standard InChI is InChI=1S/C23H28N2O5S/c1-4-25(18-12-13-31(28,29)15-18)22(26)14-30-23(27)19-9-5-6-10-21(19)24-20-11-7-8-16(2)17(20)3/h5-11,18,24H,4,12-15H2,1-3H3/t18-/m1/s1. The number of para-hydroxylation sites is 1. The molecular weight excluding hydrogens is 416 g/mol. The molecule has 1 aliphatic rings. The second-order valence-electron chi connectivity index (χ2n) is 7.73. The Labute approximate surface area is 183 Å². The SMILES string of the molecule is CCN(C(=O)COC(=O)c1ccccc1Nc1cccc(C)c1C)[C@@H]1CCS(=O)(=O)C1. The summed E-state index contributed by atoms with van der Waals surface area (Å²) in [4.78, 5) is 26.8. The Kier molecular flexibility index (Phi) is 7.00. The van der Waals surface area contributed by atoms with Gasteiger partial charge < -0.3 is 15.0 Å². The quantitative estimate of drug-likeness (QED) is 0.659. The maximum atomic E-state index is 12.7. The summed E-state index contributed by atoms with van der Waals surface area (Å²) in [7, 11) is -3.11. The van der Waals surface area contributed by atoms with Gasteiger partial charge in [-0.05, 0) is 56.5 Å². The van der Waals surface area contributed by atoms with Crippen LogP contribution in [-0.4, -0.2) is 55.9 Å². The van der Waals surface area contributed by atoms with Crippen LogP contribution >= 0.6 is 0 Å². The van der Waals surface area contributed by atoms with Crippen LogP contribution in [0.25, 0.3) is 0 Å². The summed E-state index contributed by atoms with van der Waals surface area (Å²) in [5.74, 6) is -0.961. The van der Waals surface area contributed by atoms with Crippen molar-refractivity contribution in [1.29, 1.82) is 0 Å². The summed E-state index contributed by atoms with van der Waals surface area (Å²) >= 11 is 0. The predicted octanol–water partition coefficient (Wildman–Crippen LogP) is 3.24. The van der Waals surface area contributed by atoms with Gasteiger partial charge in [0.15, 0.2) is 16.4 Å². The van der Waals surface area contributed by atoms with Crippen LogP contribution in [0.2, 0.25) is 0 Å². The Hall–Kier alpha value is -2.87. The monoisotopic (exact) mass is 444 g/mol. The summed E-state index contributed by atoms with van der Waals surface area (Å²) < 4.78 is 28.8. The third-order valence-corrected chi connectivity index (χ3v) is 7.41. The molecule has 0 unspecified atom stereocenters. The van der Waals surface area contributed by atoms with E-state index < -0.39 is 28.3 Å². The van der Waals surface area contributed by atoms with Crippen molar-refractivity contribution < 1.29 is 22.7 Å². The van der Waals surface area contributed by atoms with E-state index in [1.54, 1.807) is 25.1 Å². The van der Waals surface area contributed by atoms with Crippen LogP contribution in [0.5, 0.6) is 0 Å². The lowest BCUT2D eigenvalue weighted by atomic mass is 10.1. The number of sulfone groups is 1. The van der Waals surface area contributed by atoms with Crippen molar-refractivity contribution in [3.63, 3.8) is 0 Å². The highest BCUT2D eigenvalue weighted by molar-refractivity contribution is 7.91. The van der Waals surface area contributed by atoms with E-state index in [-0.39, 0.29) is 17.5 Å². The molecule has 7 nitrogen and oxygen atoms in total. The van der Waals surface area contributed by atoms with Crippen molar-refractivity contribution >= 4 is 33.1 Å². The fourth-order valence-electron chi connectivity index (χ4n) is 3.75. The normalized spacial score (nSPS) is 17.2. The number of ether oxygens (including phenoxy) is 1. The first-order valence-electron chi connectivity index (χ1n) is 10.3. The fourth-order valence-corrected chi connectivity index (χ4v) is 5.48. The summed E-state index contributed by atoms with van der Waals surface area (Å²) in [5.41, 5.74) is 4.00. The molecule has 0 bridgehead atoms. The van der Waals surface area contributed by atoms with Gasteiger partial charge in [-0.1, -0.05) is 24.3 Å². The van der Waals surface area contributed by atoms with Crippen molar-refractivity contribution in [1.82, 2.24) is 4.90 Å². The van der Waals surface area contributed by atoms with Crippen LogP contribution in [0.4, 0.5) is 11.4 Å². The number of carbonyl (C=O) groups is 2. The number of amides is 1. The highest BCUT2D eigenvalue weighted by Crippen LogP contribution is 2.26. The van der Waals surface area contributed by atoms with Gasteiger partial charge >= 0.3 is 5.97 Å². The summed E-state index contributed by atoms with van der Waals surface area (Å²) in [6, 6.07) is 12.5. The van der Waals surface area contributed by atoms with Gasteiger partial charge in [0.05, 0.1) is 22.8 Å². The van der Waals surface area contributed by atoms with Crippen LogP contribution in [0.3, 0.4) is 0 Å².